The van der Waals surface area contributed by atoms with E-state index in [1.165, 1.54) is 25.8 Å². The largest absolute Gasteiger partial charge is 0.465 e. The first-order valence-corrected chi connectivity index (χ1v) is 9.08. The predicted octanol–water partition coefficient (Wildman–Crippen LogP) is 2.87. The summed E-state index contributed by atoms with van der Waals surface area (Å²) in [6.07, 6.45) is 1.62. The normalized spacial score (nSPS) is 10.4. The van der Waals surface area contributed by atoms with Gasteiger partial charge in [-0.2, -0.15) is 0 Å². The van der Waals surface area contributed by atoms with E-state index in [2.05, 4.69) is 15.3 Å². The van der Waals surface area contributed by atoms with Crippen LogP contribution in [0.1, 0.15) is 38.2 Å². The molecule has 0 aliphatic heterocycles. The summed E-state index contributed by atoms with van der Waals surface area (Å²) < 4.78 is 4.75. The number of anilines is 1. The lowest BCUT2D eigenvalue weighted by Gasteiger charge is -2.06. The lowest BCUT2D eigenvalue weighted by atomic mass is 10.1. The third-order valence-electron chi connectivity index (χ3n) is 3.21. The molecule has 0 radical (unpaired) electrons. The molecule has 0 fully saturated rings. The molecular weight excluding hydrogens is 362 g/mol. The van der Waals surface area contributed by atoms with Crippen LogP contribution in [0.5, 0.6) is 0 Å². The maximum atomic E-state index is 12.2. The minimum absolute atomic E-state index is 0.0798. The molecule has 7 nitrogen and oxygen atoms in total. The summed E-state index contributed by atoms with van der Waals surface area (Å²) in [6.45, 7) is 4.91. The molecule has 0 saturated carbocycles. The number of carbonyl (C=O) groups excluding carboxylic acids is 3. The van der Waals surface area contributed by atoms with Crippen molar-refractivity contribution in [3.8, 4) is 0 Å². The van der Waals surface area contributed by atoms with Crippen molar-refractivity contribution >= 4 is 45.8 Å². The number of carbonyl (C=O) groups is 3. The van der Waals surface area contributed by atoms with Gasteiger partial charge in [0.05, 0.1) is 23.3 Å². The lowest BCUT2D eigenvalue weighted by Crippen LogP contribution is -2.16. The van der Waals surface area contributed by atoms with Crippen LogP contribution < -0.4 is 5.32 Å². The second-order valence-corrected chi connectivity index (χ2v) is 7.09. The van der Waals surface area contributed by atoms with E-state index >= 15 is 0 Å². The number of hydrogen-bond acceptors (Lipinski definition) is 8. The van der Waals surface area contributed by atoms with Crippen LogP contribution in [-0.2, 0) is 9.53 Å². The average Bonchev–Trinajstić information content (AvgIpc) is 2.89. The van der Waals surface area contributed by atoms with E-state index in [9.17, 15) is 14.4 Å². The number of rotatable bonds is 6. The molecule has 0 unspecified atom stereocenters. The zero-order chi connectivity index (χ0) is 18.6. The van der Waals surface area contributed by atoms with E-state index < -0.39 is 5.97 Å². The Hall–Kier alpha value is -2.26. The van der Waals surface area contributed by atoms with E-state index in [0.717, 1.165) is 17.0 Å². The summed E-state index contributed by atoms with van der Waals surface area (Å²) in [4.78, 5) is 44.6. The van der Waals surface area contributed by atoms with Crippen LogP contribution in [0.2, 0.25) is 0 Å². The van der Waals surface area contributed by atoms with Gasteiger partial charge in [-0.25, -0.2) is 14.8 Å². The highest BCUT2D eigenvalue weighted by molar-refractivity contribution is 7.99. The van der Waals surface area contributed by atoms with Crippen LogP contribution in [-0.4, -0.2) is 40.5 Å². The molecule has 2 aromatic rings. The molecule has 0 atom stereocenters. The van der Waals surface area contributed by atoms with Crippen molar-refractivity contribution in [3.05, 3.63) is 34.0 Å². The summed E-state index contributed by atoms with van der Waals surface area (Å²) in [5.41, 5.74) is 1.53. The molecule has 25 heavy (non-hydrogen) atoms. The second-order valence-electron chi connectivity index (χ2n) is 5.13. The molecule has 2 rings (SSSR count). The first kappa shape index (κ1) is 19.1. The van der Waals surface area contributed by atoms with Gasteiger partial charge >= 0.3 is 5.97 Å². The third kappa shape index (κ3) is 4.64. The van der Waals surface area contributed by atoms with Gasteiger partial charge in [-0.05, 0) is 32.4 Å². The highest BCUT2D eigenvalue weighted by atomic mass is 32.2. The quantitative estimate of drug-likeness (QED) is 0.357. The van der Waals surface area contributed by atoms with Gasteiger partial charge in [-0.1, -0.05) is 11.8 Å². The van der Waals surface area contributed by atoms with Crippen molar-refractivity contribution in [2.24, 2.45) is 0 Å². The number of thiophene rings is 1. The van der Waals surface area contributed by atoms with Gasteiger partial charge in [0.2, 0.25) is 5.91 Å². The van der Waals surface area contributed by atoms with Gasteiger partial charge < -0.3 is 10.1 Å². The van der Waals surface area contributed by atoms with Crippen molar-refractivity contribution in [2.45, 2.75) is 25.9 Å². The molecule has 2 aromatic heterocycles. The number of ether oxygens (including phenoxy) is 1. The Kier molecular flexibility index (Phi) is 6.27. The Labute approximate surface area is 153 Å². The molecule has 0 aliphatic carbocycles. The summed E-state index contributed by atoms with van der Waals surface area (Å²) >= 11 is 2.25. The van der Waals surface area contributed by atoms with Gasteiger partial charge in [0.15, 0.2) is 10.9 Å². The van der Waals surface area contributed by atoms with Crippen molar-refractivity contribution < 1.29 is 19.1 Å². The number of esters is 1. The number of thioether (sulfide) groups is 1. The van der Waals surface area contributed by atoms with E-state index in [1.807, 2.05) is 6.92 Å². The Morgan fingerprint density at radius 2 is 2.04 bits per heavy atom. The molecule has 9 heteroatoms. The Morgan fingerprint density at radius 1 is 1.32 bits per heavy atom. The van der Waals surface area contributed by atoms with E-state index in [1.54, 1.807) is 19.2 Å². The molecule has 1 N–H and O–H groups in total. The molecule has 2 heterocycles. The van der Waals surface area contributed by atoms with Crippen LogP contribution in [0.15, 0.2) is 17.4 Å². The molecular formula is C16H17N3O4S2. The van der Waals surface area contributed by atoms with Gasteiger partial charge in [0, 0.05) is 11.9 Å². The van der Waals surface area contributed by atoms with Gasteiger partial charge in [-0.3, -0.25) is 9.59 Å². The number of nitrogens with zero attached hydrogens (tertiary/aromatic N) is 2. The number of nitrogens with one attached hydrogen (secondary N) is 1. The zero-order valence-electron chi connectivity index (χ0n) is 14.2. The van der Waals surface area contributed by atoms with Crippen molar-refractivity contribution in [1.82, 2.24) is 9.97 Å². The molecule has 132 valence electrons. The molecule has 1 amide bonds. The van der Waals surface area contributed by atoms with Crippen LogP contribution in [0, 0.1) is 13.8 Å². The predicted molar refractivity (Wildman–Crippen MR) is 96.5 cm³/mol. The van der Waals surface area contributed by atoms with Crippen LogP contribution >= 0.6 is 23.1 Å². The molecule has 0 spiro atoms. The summed E-state index contributed by atoms with van der Waals surface area (Å²) in [5, 5.41) is 3.48. The Balaban J connectivity index is 2.15. The SMILES string of the molecule is COC(=O)c1c(NC(=O)CSc2nccc(C)n2)sc(C(C)=O)c1C. The molecule has 0 aliphatic rings. The molecule has 0 saturated heterocycles. The number of ketones is 1. The van der Waals surface area contributed by atoms with E-state index in [0.29, 0.717) is 20.6 Å². The van der Waals surface area contributed by atoms with Crippen molar-refractivity contribution in [1.29, 1.82) is 0 Å². The maximum Gasteiger partial charge on any atom is 0.341 e. The van der Waals surface area contributed by atoms with Gasteiger partial charge in [0.25, 0.3) is 0 Å². The number of methoxy groups -OCH3 is 1. The Bertz CT molecular complexity index is 833. The number of amides is 1. The number of hydrogen-bond donors (Lipinski definition) is 1. The van der Waals surface area contributed by atoms with E-state index in [-0.39, 0.29) is 23.0 Å². The maximum absolute atomic E-state index is 12.2. The average molecular weight is 379 g/mol. The van der Waals surface area contributed by atoms with Gasteiger partial charge in [0.1, 0.15) is 5.00 Å². The highest BCUT2D eigenvalue weighted by Gasteiger charge is 2.24. The summed E-state index contributed by atoms with van der Waals surface area (Å²) in [5.74, 6) is -1.00. The second kappa shape index (κ2) is 8.21. The minimum atomic E-state index is -0.591. The fourth-order valence-corrected chi connectivity index (χ4v) is 3.86. The molecule has 0 aromatic carbocycles. The molecule has 0 bridgehead atoms. The highest BCUT2D eigenvalue weighted by Crippen LogP contribution is 2.34. The fraction of sp³-hybridized carbons (Fsp3) is 0.312. The topological polar surface area (TPSA) is 98.2 Å². The van der Waals surface area contributed by atoms with Crippen LogP contribution in [0.4, 0.5) is 5.00 Å². The van der Waals surface area contributed by atoms with Crippen LogP contribution in [0.3, 0.4) is 0 Å². The summed E-state index contributed by atoms with van der Waals surface area (Å²) in [7, 11) is 1.25. The first-order chi connectivity index (χ1) is 11.8. The third-order valence-corrected chi connectivity index (χ3v) is 5.38. The van der Waals surface area contributed by atoms with E-state index in [4.69, 9.17) is 4.74 Å². The zero-order valence-corrected chi connectivity index (χ0v) is 15.8. The number of aryl methyl sites for hydroxylation is 1. The minimum Gasteiger partial charge on any atom is -0.465 e. The number of Topliss-reactive ketones (excluding diaryl/α,β-unsaturated/α-hetero) is 1. The number of aromatic nitrogens is 2. The van der Waals surface area contributed by atoms with Crippen LogP contribution in [0.25, 0.3) is 0 Å². The monoisotopic (exact) mass is 379 g/mol. The van der Waals surface area contributed by atoms with Crippen molar-refractivity contribution in [2.75, 3.05) is 18.2 Å². The van der Waals surface area contributed by atoms with Crippen molar-refractivity contribution in [3.63, 3.8) is 0 Å². The smallest absolute Gasteiger partial charge is 0.341 e. The lowest BCUT2D eigenvalue weighted by molar-refractivity contribution is -0.113. The van der Waals surface area contributed by atoms with Gasteiger partial charge in [-0.15, -0.1) is 11.3 Å². The first-order valence-electron chi connectivity index (χ1n) is 7.28. The Morgan fingerprint density at radius 3 is 2.64 bits per heavy atom. The summed E-state index contributed by atoms with van der Waals surface area (Å²) in [6, 6.07) is 1.77. The standard InChI is InChI=1S/C16H17N3O4S2/c1-8-5-6-17-16(18-8)24-7-11(21)19-14-12(15(22)23-4)9(2)13(25-14)10(3)20/h5-6H,7H2,1-4H3,(H,19,21). The fourth-order valence-electron chi connectivity index (χ4n) is 2.07.